The Bertz CT molecular complexity index is 4050. The van der Waals surface area contributed by atoms with Crippen LogP contribution >= 0.6 is 0 Å². The molecule has 0 unspecified atom stereocenters. The molecule has 14 N–H and O–H groups in total. The normalized spacial score (nSPS) is 22.9. The topological polar surface area (TPSA) is 403 Å². The molecule has 0 spiro atoms. The number of aryl methyl sites for hydroxylation is 1. The van der Waals surface area contributed by atoms with Crippen molar-refractivity contribution in [2.75, 3.05) is 13.7 Å². The summed E-state index contributed by atoms with van der Waals surface area (Å²) in [5, 5.41) is 32.3. The molecule has 1 saturated heterocycles. The van der Waals surface area contributed by atoms with Crippen molar-refractivity contribution in [1.29, 1.82) is 0 Å². The van der Waals surface area contributed by atoms with Gasteiger partial charge >= 0.3 is 5.97 Å². The number of carboxylic acid groups (broad SMARTS) is 1. The number of nitrogens with zero attached hydrogens (tertiary/aromatic N) is 2. The highest BCUT2D eigenvalue weighted by atomic mass is 19.1. The molecule has 0 saturated carbocycles. The lowest BCUT2D eigenvalue weighted by atomic mass is 9.94. The molecule has 6 heterocycles. The number of hydrogen-bond acceptors (Lipinski definition) is 13. The number of methoxy groups -OCH3 is 1. The molecule has 10 rings (SSSR count). The van der Waals surface area contributed by atoms with Gasteiger partial charge in [-0.15, -0.1) is 0 Å². The van der Waals surface area contributed by atoms with Gasteiger partial charge in [-0.3, -0.25) is 52.7 Å². The summed E-state index contributed by atoms with van der Waals surface area (Å²) in [5.74, 6) is -10.8. The third-order valence-corrected chi connectivity index (χ3v) is 17.5. The summed E-state index contributed by atoms with van der Waals surface area (Å²) in [4.78, 5) is 170. The molecule has 512 valence electrons. The van der Waals surface area contributed by atoms with Crippen molar-refractivity contribution < 1.29 is 71.4 Å². The van der Waals surface area contributed by atoms with Crippen LogP contribution in [0.1, 0.15) is 98.7 Å². The van der Waals surface area contributed by atoms with E-state index in [0.717, 1.165) is 0 Å². The Morgan fingerprint density at radius 2 is 1.21 bits per heavy atom. The molecular formula is C68H78F2N14O13. The number of carboxylic acids is 1. The van der Waals surface area contributed by atoms with Crippen LogP contribution < -0.4 is 53.0 Å². The third-order valence-electron chi connectivity index (χ3n) is 17.5. The fourth-order valence-corrected chi connectivity index (χ4v) is 12.0. The average Bonchev–Trinajstić information content (AvgIpc) is 1.69. The number of aromatic amines is 3. The number of imidazole rings is 1. The second-order valence-corrected chi connectivity index (χ2v) is 24.6. The maximum atomic E-state index is 15.3. The summed E-state index contributed by atoms with van der Waals surface area (Å²) in [6.45, 7) is 3.06. The molecule has 3 aromatic heterocycles. The molecule has 4 aromatic carbocycles. The van der Waals surface area contributed by atoms with Crippen LogP contribution in [0.5, 0.6) is 5.75 Å². The number of ether oxygens (including phenoxy) is 1. The lowest BCUT2D eigenvalue weighted by Gasteiger charge is -2.37. The number of rotatable bonds is 13. The fourth-order valence-electron chi connectivity index (χ4n) is 12.0. The second-order valence-electron chi connectivity index (χ2n) is 24.6. The Morgan fingerprint density at radius 1 is 0.649 bits per heavy atom. The number of primary amides is 1. The Balaban J connectivity index is 1.06. The van der Waals surface area contributed by atoms with E-state index < -0.39 is 131 Å². The summed E-state index contributed by atoms with van der Waals surface area (Å²) < 4.78 is 35.1. The van der Waals surface area contributed by atoms with Crippen molar-refractivity contribution in [3.8, 4) is 5.75 Å². The highest BCUT2D eigenvalue weighted by molar-refractivity contribution is 6.00. The largest absolute Gasteiger partial charge is 0.497 e. The van der Waals surface area contributed by atoms with Gasteiger partial charge in [-0.1, -0.05) is 36.4 Å². The second kappa shape index (κ2) is 32.0. The molecule has 0 radical (unpaired) electrons. The number of carbonyl (C=O) groups excluding carboxylic acids is 10. The van der Waals surface area contributed by atoms with Crippen molar-refractivity contribution in [2.24, 2.45) is 5.73 Å². The number of nitrogens with one attached hydrogen (secondary N) is 11. The molecule has 3 aliphatic rings. The number of carbonyl (C=O) groups is 11. The summed E-state index contributed by atoms with van der Waals surface area (Å²) in [6.07, 6.45) is 4.41. The first-order valence-corrected chi connectivity index (χ1v) is 31.8. The highest BCUT2D eigenvalue weighted by Crippen LogP contribution is 2.32. The minimum Gasteiger partial charge on any atom is -0.497 e. The number of aromatic nitrogens is 4. The molecule has 2 bridgehead atoms. The molecule has 0 aliphatic carbocycles. The molecule has 97 heavy (non-hydrogen) atoms. The fraction of sp³-hybridized carbons (Fsp3) is 0.382. The minimum atomic E-state index is -2.01. The average molecular weight is 1340 g/mol. The Kier molecular flexibility index (Phi) is 23.2. The van der Waals surface area contributed by atoms with Crippen molar-refractivity contribution in [3.05, 3.63) is 155 Å². The standard InChI is InChI=1S/C68H78F2N14O13/c1-37-61(90)79-53(27-41-33-73-49-20-15-43(69)29-47(41)49)63(92)80-54(28-42-34-74-50-21-16-44(70)30-48(42)50)64(93)81-55(31-59(87)88)65(94)78-51(22-17-45-35-72-36-76-45)62(91)82-56(26-39-13-18-46(97-3)19-14-39)66(95)84-24-6-23-68(84,2)67(96)83-52(60(71)89)25-38-9-11-40(12-10-38)32-75-57(85)7-4-5-8-58(86)77-37/h9-16,18-21,29-30,33-37,51-56,73-74H,4-8,17,22-28,31-32H2,1-3H3,(H2,71,89)(H,72,76)(H,75,85)(H,77,86)(H,78,94)(H,79,90)(H,80,92)(H,81,93)(H,82,91)(H,83,96)(H,87,88)/t37-,51+,52+,53+,54+,55+,56+,68+/m1/s1. The van der Waals surface area contributed by atoms with E-state index in [2.05, 4.69) is 62.5 Å². The zero-order valence-electron chi connectivity index (χ0n) is 53.6. The first-order valence-electron chi connectivity index (χ1n) is 31.8. The lowest BCUT2D eigenvalue weighted by Crippen LogP contribution is -2.63. The Labute approximate surface area is 555 Å². The van der Waals surface area contributed by atoms with E-state index >= 15 is 14.4 Å². The van der Waals surface area contributed by atoms with Gasteiger partial charge in [-0.25, -0.2) is 13.8 Å². The number of hydrogen-bond donors (Lipinski definition) is 13. The van der Waals surface area contributed by atoms with E-state index in [9.17, 15) is 52.2 Å². The van der Waals surface area contributed by atoms with E-state index in [-0.39, 0.29) is 94.2 Å². The third kappa shape index (κ3) is 18.5. The maximum Gasteiger partial charge on any atom is 0.305 e. The quantitative estimate of drug-likeness (QED) is 0.0739. The van der Waals surface area contributed by atoms with Crippen molar-refractivity contribution in [1.82, 2.24) is 67.4 Å². The van der Waals surface area contributed by atoms with Crippen molar-refractivity contribution >= 4 is 86.8 Å². The lowest BCUT2D eigenvalue weighted by molar-refractivity contribution is -0.147. The molecule has 7 aromatic rings. The zero-order chi connectivity index (χ0) is 69.5. The molecule has 3 aliphatic heterocycles. The number of H-pyrrole nitrogens is 3. The van der Waals surface area contributed by atoms with E-state index in [1.165, 1.54) is 87.2 Å². The van der Waals surface area contributed by atoms with Crippen LogP contribution in [0.3, 0.4) is 0 Å². The molecule has 27 nitrogen and oxygen atoms in total. The first-order chi connectivity index (χ1) is 46.4. The van der Waals surface area contributed by atoms with Crippen molar-refractivity contribution in [2.45, 2.75) is 152 Å². The first kappa shape index (κ1) is 70.3. The Hall–Kier alpha value is -11.0. The van der Waals surface area contributed by atoms with Crippen LogP contribution in [0.15, 0.2) is 110 Å². The SMILES string of the molecule is COc1ccc(C[C@@H]2NC(=O)[C@H](CCc3cnc[nH]3)NC(=O)[C@H](CC(=O)O)NC(=O)[C@H](Cc3c[nH]c4ccc(F)cc34)NC(=O)[C@H](Cc3c[nH]c4ccc(F)cc34)NC(=O)[C@@H](C)NC(=O)CCCCC(=O)NCc3ccc(cc3)C[C@@H](C(N)=O)NC(=O)[C@]3(C)CCCN3C2=O)cc1. The van der Waals surface area contributed by atoms with Gasteiger partial charge in [-0.05, 0) is 129 Å². The minimum absolute atomic E-state index is 0.0309. The van der Waals surface area contributed by atoms with Gasteiger partial charge < -0.3 is 78.0 Å². The van der Waals surface area contributed by atoms with Crippen LogP contribution in [0.25, 0.3) is 21.8 Å². The number of halogens is 2. The van der Waals surface area contributed by atoms with Crippen LogP contribution in [0.4, 0.5) is 8.78 Å². The highest BCUT2D eigenvalue weighted by Gasteiger charge is 2.48. The van der Waals surface area contributed by atoms with Gasteiger partial charge in [0.15, 0.2) is 0 Å². The zero-order valence-corrected chi connectivity index (χ0v) is 53.6. The maximum absolute atomic E-state index is 15.3. The van der Waals surface area contributed by atoms with Crippen LogP contribution in [-0.4, -0.2) is 156 Å². The number of aliphatic carboxylic acids is 1. The molecular weight excluding hydrogens is 1260 g/mol. The Morgan fingerprint density at radius 3 is 1.79 bits per heavy atom. The number of amides is 10. The van der Waals surface area contributed by atoms with E-state index in [1.54, 1.807) is 48.5 Å². The van der Waals surface area contributed by atoms with E-state index in [0.29, 0.717) is 56.5 Å². The van der Waals surface area contributed by atoms with Crippen molar-refractivity contribution in [3.63, 3.8) is 0 Å². The van der Waals surface area contributed by atoms with Crippen LogP contribution in [0, 0.1) is 11.6 Å². The van der Waals surface area contributed by atoms with Gasteiger partial charge in [0.1, 0.15) is 65.2 Å². The number of fused-ring (bicyclic) bond motifs is 32. The smallest absolute Gasteiger partial charge is 0.305 e. The van der Waals surface area contributed by atoms with Gasteiger partial charge in [0.25, 0.3) is 0 Å². The molecule has 1 fully saturated rings. The summed E-state index contributed by atoms with van der Waals surface area (Å²) in [7, 11) is 1.46. The van der Waals surface area contributed by atoms with Gasteiger partial charge in [-0.2, -0.15) is 0 Å². The van der Waals surface area contributed by atoms with E-state index in [1.807, 2.05) is 0 Å². The number of benzene rings is 4. The monoisotopic (exact) mass is 1340 g/mol. The predicted octanol–water partition coefficient (Wildman–Crippen LogP) is 2.51. The number of nitrogens with two attached hydrogens (primary N) is 1. The van der Waals surface area contributed by atoms with Gasteiger partial charge in [0.2, 0.25) is 59.1 Å². The van der Waals surface area contributed by atoms with E-state index in [4.69, 9.17) is 10.5 Å². The van der Waals surface area contributed by atoms with Gasteiger partial charge in [0.05, 0.1) is 19.9 Å². The summed E-state index contributed by atoms with van der Waals surface area (Å²) >= 11 is 0. The predicted molar refractivity (Wildman–Crippen MR) is 348 cm³/mol. The molecule has 8 atom stereocenters. The van der Waals surface area contributed by atoms with Crippen LogP contribution in [-0.2, 0) is 91.4 Å². The molecule has 10 amide bonds. The van der Waals surface area contributed by atoms with Gasteiger partial charge in [0, 0.05) is 97.7 Å². The summed E-state index contributed by atoms with van der Waals surface area (Å²) in [6, 6.07) is 10.2. The van der Waals surface area contributed by atoms with Crippen LogP contribution in [0.2, 0.25) is 0 Å². The summed E-state index contributed by atoms with van der Waals surface area (Å²) in [5.41, 5.74) is 8.10. The molecule has 29 heteroatoms.